The SMILES string of the molecule is CNC(=O)[C@H](N[C@@H](CCc1ccc(C(F)(F)F)nc1)c1ccc(F)c(C)c1)c1cccs1. The second-order valence-electron chi connectivity index (χ2n) is 7.38. The molecule has 3 rings (SSSR count). The molecule has 9 heteroatoms. The predicted molar refractivity (Wildman–Crippen MR) is 116 cm³/mol. The summed E-state index contributed by atoms with van der Waals surface area (Å²) >= 11 is 1.44. The van der Waals surface area contributed by atoms with Gasteiger partial charge < -0.3 is 5.32 Å². The molecule has 0 unspecified atom stereocenters. The van der Waals surface area contributed by atoms with Gasteiger partial charge in [0, 0.05) is 24.2 Å². The molecule has 0 spiro atoms. The fourth-order valence-electron chi connectivity index (χ4n) is 3.37. The third-order valence-corrected chi connectivity index (χ3v) is 6.06. The van der Waals surface area contributed by atoms with Gasteiger partial charge in [0.25, 0.3) is 0 Å². The minimum absolute atomic E-state index is 0.215. The third-order valence-electron chi connectivity index (χ3n) is 5.13. The molecule has 0 saturated heterocycles. The Kier molecular flexibility index (Phi) is 7.63. The van der Waals surface area contributed by atoms with Crippen LogP contribution in [0.1, 0.15) is 45.8 Å². The van der Waals surface area contributed by atoms with Crippen molar-refractivity contribution in [1.29, 1.82) is 0 Å². The normalized spacial score (nSPS) is 13.6. The monoisotopic (exact) mass is 465 g/mol. The summed E-state index contributed by atoms with van der Waals surface area (Å²) in [6, 6.07) is 9.83. The Morgan fingerprint density at radius 3 is 2.53 bits per heavy atom. The number of benzene rings is 1. The quantitative estimate of drug-likeness (QED) is 0.441. The van der Waals surface area contributed by atoms with Crippen LogP contribution in [0.15, 0.2) is 54.0 Å². The Morgan fingerprint density at radius 2 is 1.97 bits per heavy atom. The lowest BCUT2D eigenvalue weighted by molar-refractivity contribution is -0.141. The molecule has 170 valence electrons. The summed E-state index contributed by atoms with van der Waals surface area (Å²) in [5.74, 6) is -0.548. The van der Waals surface area contributed by atoms with Crippen molar-refractivity contribution in [3.8, 4) is 0 Å². The smallest absolute Gasteiger partial charge is 0.357 e. The summed E-state index contributed by atoms with van der Waals surface area (Å²) in [7, 11) is 1.55. The van der Waals surface area contributed by atoms with Gasteiger partial charge in [0.15, 0.2) is 0 Å². The van der Waals surface area contributed by atoms with E-state index in [1.807, 2.05) is 17.5 Å². The Bertz CT molecular complexity index is 1040. The molecule has 0 radical (unpaired) electrons. The first-order valence-electron chi connectivity index (χ1n) is 9.98. The molecule has 3 aromatic rings. The Labute approximate surface area is 187 Å². The number of hydrogen-bond donors (Lipinski definition) is 2. The fraction of sp³-hybridized carbons (Fsp3) is 0.304. The molecule has 2 N–H and O–H groups in total. The van der Waals surface area contributed by atoms with Crippen molar-refractivity contribution >= 4 is 17.2 Å². The van der Waals surface area contributed by atoms with Crippen molar-refractivity contribution in [3.63, 3.8) is 0 Å². The number of amides is 1. The first-order valence-corrected chi connectivity index (χ1v) is 10.9. The number of aromatic nitrogens is 1. The van der Waals surface area contributed by atoms with Crippen LogP contribution in [0.25, 0.3) is 0 Å². The van der Waals surface area contributed by atoms with Crippen LogP contribution >= 0.6 is 11.3 Å². The van der Waals surface area contributed by atoms with Crippen molar-refractivity contribution in [2.75, 3.05) is 7.05 Å². The summed E-state index contributed by atoms with van der Waals surface area (Å²) in [6.07, 6.45) is -2.39. The second kappa shape index (κ2) is 10.2. The molecule has 2 atom stereocenters. The van der Waals surface area contributed by atoms with Crippen LogP contribution < -0.4 is 10.6 Å². The largest absolute Gasteiger partial charge is 0.433 e. The molecule has 0 bridgehead atoms. The van der Waals surface area contributed by atoms with Crippen LogP contribution in [0, 0.1) is 12.7 Å². The van der Waals surface area contributed by atoms with E-state index in [4.69, 9.17) is 0 Å². The van der Waals surface area contributed by atoms with E-state index in [1.54, 1.807) is 26.1 Å². The standard InChI is InChI=1S/C23H23F4N3OS/c1-14-12-16(7-8-17(14)24)18(30-21(22(31)28-2)19-4-3-11-32-19)9-5-15-6-10-20(29-13-15)23(25,26)27/h3-4,6-8,10-13,18,21,30H,5,9H2,1-2H3,(H,28,31)/t18-,21+/m0/s1. The number of halogens is 4. The number of alkyl halides is 3. The van der Waals surface area contributed by atoms with Crippen molar-refractivity contribution in [2.45, 2.75) is 38.0 Å². The lowest BCUT2D eigenvalue weighted by atomic mass is 9.96. The number of carbonyl (C=O) groups excluding carboxylic acids is 1. The average molecular weight is 466 g/mol. The van der Waals surface area contributed by atoms with E-state index in [-0.39, 0.29) is 17.8 Å². The van der Waals surface area contributed by atoms with Gasteiger partial charge >= 0.3 is 6.18 Å². The number of nitrogens with zero attached hydrogens (tertiary/aromatic N) is 1. The van der Waals surface area contributed by atoms with E-state index in [9.17, 15) is 22.4 Å². The van der Waals surface area contributed by atoms with Gasteiger partial charge in [0.1, 0.15) is 17.6 Å². The first-order chi connectivity index (χ1) is 15.2. The highest BCUT2D eigenvalue weighted by atomic mass is 32.1. The summed E-state index contributed by atoms with van der Waals surface area (Å²) in [5.41, 5.74) is 0.950. The van der Waals surface area contributed by atoms with Gasteiger partial charge in [-0.1, -0.05) is 24.3 Å². The second-order valence-corrected chi connectivity index (χ2v) is 8.36. The molecule has 32 heavy (non-hydrogen) atoms. The van der Waals surface area contributed by atoms with Crippen LogP contribution in [0.3, 0.4) is 0 Å². The Balaban J connectivity index is 1.85. The Morgan fingerprint density at radius 1 is 1.19 bits per heavy atom. The lowest BCUT2D eigenvalue weighted by Crippen LogP contribution is -2.37. The molecule has 4 nitrogen and oxygen atoms in total. The van der Waals surface area contributed by atoms with Gasteiger partial charge in [-0.2, -0.15) is 13.2 Å². The van der Waals surface area contributed by atoms with Crippen molar-refractivity contribution < 1.29 is 22.4 Å². The van der Waals surface area contributed by atoms with Crippen molar-refractivity contribution in [1.82, 2.24) is 15.6 Å². The van der Waals surface area contributed by atoms with Crippen LogP contribution in [0.5, 0.6) is 0 Å². The molecule has 0 saturated carbocycles. The maximum atomic E-state index is 13.8. The lowest BCUT2D eigenvalue weighted by Gasteiger charge is -2.25. The van der Waals surface area contributed by atoms with E-state index in [0.29, 0.717) is 24.0 Å². The third kappa shape index (κ3) is 5.92. The predicted octanol–water partition coefficient (Wildman–Crippen LogP) is 5.36. The van der Waals surface area contributed by atoms with Crippen LogP contribution in [-0.2, 0) is 17.4 Å². The van der Waals surface area contributed by atoms with Crippen LogP contribution in [0.4, 0.5) is 17.6 Å². The molecular formula is C23H23F4N3OS. The molecule has 0 fully saturated rings. The van der Waals surface area contributed by atoms with Crippen LogP contribution in [0.2, 0.25) is 0 Å². The highest BCUT2D eigenvalue weighted by molar-refractivity contribution is 7.10. The maximum absolute atomic E-state index is 13.8. The molecule has 1 aromatic carbocycles. The first kappa shape index (κ1) is 23.9. The van der Waals surface area contributed by atoms with Crippen molar-refractivity contribution in [3.05, 3.63) is 87.1 Å². The molecule has 1 amide bonds. The minimum Gasteiger partial charge on any atom is -0.357 e. The van der Waals surface area contributed by atoms with Gasteiger partial charge in [0.05, 0.1) is 0 Å². The topological polar surface area (TPSA) is 54.0 Å². The number of carbonyl (C=O) groups is 1. The van der Waals surface area contributed by atoms with E-state index >= 15 is 0 Å². The number of pyridine rings is 1. The van der Waals surface area contributed by atoms with E-state index in [2.05, 4.69) is 15.6 Å². The molecule has 0 aliphatic carbocycles. The number of rotatable bonds is 8. The van der Waals surface area contributed by atoms with Gasteiger partial charge in [-0.15, -0.1) is 11.3 Å². The van der Waals surface area contributed by atoms with E-state index in [1.165, 1.54) is 29.7 Å². The molecule has 2 aromatic heterocycles. The number of aryl methyl sites for hydroxylation is 2. The zero-order chi connectivity index (χ0) is 23.3. The van der Waals surface area contributed by atoms with Gasteiger partial charge in [-0.05, 0) is 60.0 Å². The number of thiophene rings is 1. The van der Waals surface area contributed by atoms with Gasteiger partial charge in [0.2, 0.25) is 5.91 Å². The maximum Gasteiger partial charge on any atom is 0.433 e. The van der Waals surface area contributed by atoms with Crippen LogP contribution in [-0.4, -0.2) is 17.9 Å². The average Bonchev–Trinajstić information content (AvgIpc) is 3.29. The summed E-state index contributed by atoms with van der Waals surface area (Å²) < 4.78 is 52.2. The molecule has 2 heterocycles. The highest BCUT2D eigenvalue weighted by Crippen LogP contribution is 2.29. The summed E-state index contributed by atoms with van der Waals surface area (Å²) in [4.78, 5) is 16.9. The van der Waals surface area contributed by atoms with Gasteiger partial charge in [-0.25, -0.2) is 4.39 Å². The molecule has 0 aliphatic rings. The molecule has 0 aliphatic heterocycles. The van der Waals surface area contributed by atoms with E-state index in [0.717, 1.165) is 16.5 Å². The summed E-state index contributed by atoms with van der Waals surface area (Å²) in [5, 5.41) is 7.88. The Hall–Kier alpha value is -2.78. The highest BCUT2D eigenvalue weighted by Gasteiger charge is 2.32. The number of hydrogen-bond acceptors (Lipinski definition) is 4. The minimum atomic E-state index is -4.49. The zero-order valence-corrected chi connectivity index (χ0v) is 18.4. The van der Waals surface area contributed by atoms with Crippen molar-refractivity contribution in [2.24, 2.45) is 0 Å². The zero-order valence-electron chi connectivity index (χ0n) is 17.5. The van der Waals surface area contributed by atoms with E-state index < -0.39 is 17.9 Å². The summed E-state index contributed by atoms with van der Waals surface area (Å²) in [6.45, 7) is 1.66. The number of nitrogens with one attached hydrogen (secondary N) is 2. The molecular weight excluding hydrogens is 442 g/mol. The van der Waals surface area contributed by atoms with Gasteiger partial charge in [-0.3, -0.25) is 15.1 Å². The fourth-order valence-corrected chi connectivity index (χ4v) is 4.15. The number of likely N-dealkylation sites (N-methyl/N-ethyl adjacent to an activating group) is 1.